The molecule has 0 aliphatic carbocycles. The standard InChI is InChI=1S/C25H27N3O5S/c1-18-10-12-21(13-11-18)34(31,32)28-14-4-6-19(17-28)24(29)27-23-9-3-2-8-22(23)25(30)26-16-20-7-5-15-33-20/h2-3,5,7-13,15,19H,4,6,14,16-17H2,1H3,(H,26,30)(H,27,29)/t19-/m0/s1. The molecule has 0 bridgehead atoms. The third kappa shape index (κ3) is 5.37. The fourth-order valence-electron chi connectivity index (χ4n) is 3.93. The number of piperidine rings is 1. The fourth-order valence-corrected chi connectivity index (χ4v) is 5.46. The summed E-state index contributed by atoms with van der Waals surface area (Å²) in [5, 5.41) is 5.60. The van der Waals surface area contributed by atoms with E-state index in [1.807, 2.05) is 6.92 Å². The number of rotatable bonds is 7. The van der Waals surface area contributed by atoms with Crippen LogP contribution in [0.2, 0.25) is 0 Å². The van der Waals surface area contributed by atoms with Crippen molar-refractivity contribution in [2.45, 2.75) is 31.2 Å². The van der Waals surface area contributed by atoms with E-state index in [1.165, 1.54) is 10.6 Å². The van der Waals surface area contributed by atoms with E-state index >= 15 is 0 Å². The third-order valence-electron chi connectivity index (χ3n) is 5.85. The van der Waals surface area contributed by atoms with E-state index in [-0.39, 0.29) is 29.8 Å². The van der Waals surface area contributed by atoms with Gasteiger partial charge in [-0.3, -0.25) is 9.59 Å². The van der Waals surface area contributed by atoms with E-state index in [4.69, 9.17) is 4.42 Å². The Morgan fingerprint density at radius 2 is 1.82 bits per heavy atom. The molecular formula is C25H27N3O5S. The van der Waals surface area contributed by atoms with Crippen LogP contribution in [0.4, 0.5) is 5.69 Å². The Bertz CT molecular complexity index is 1250. The van der Waals surface area contributed by atoms with Crippen molar-refractivity contribution in [1.82, 2.24) is 9.62 Å². The van der Waals surface area contributed by atoms with Crippen LogP contribution in [0.5, 0.6) is 0 Å². The first-order valence-electron chi connectivity index (χ1n) is 11.1. The molecule has 0 spiro atoms. The van der Waals surface area contributed by atoms with Gasteiger partial charge in [0.05, 0.1) is 34.9 Å². The number of para-hydroxylation sites is 1. The molecule has 2 N–H and O–H groups in total. The summed E-state index contributed by atoms with van der Waals surface area (Å²) in [6.45, 7) is 2.58. The van der Waals surface area contributed by atoms with Crippen molar-refractivity contribution >= 4 is 27.5 Å². The van der Waals surface area contributed by atoms with E-state index < -0.39 is 15.9 Å². The average Bonchev–Trinajstić information content (AvgIpc) is 3.37. The Morgan fingerprint density at radius 3 is 2.56 bits per heavy atom. The highest BCUT2D eigenvalue weighted by molar-refractivity contribution is 7.89. The third-order valence-corrected chi connectivity index (χ3v) is 7.73. The molecule has 0 unspecified atom stereocenters. The molecule has 2 amide bonds. The zero-order valence-corrected chi connectivity index (χ0v) is 19.7. The number of nitrogens with one attached hydrogen (secondary N) is 2. The molecule has 1 aliphatic heterocycles. The zero-order chi connectivity index (χ0) is 24.1. The van der Waals surface area contributed by atoms with Crippen LogP contribution in [-0.2, 0) is 21.4 Å². The lowest BCUT2D eigenvalue weighted by Gasteiger charge is -2.31. The quantitative estimate of drug-likeness (QED) is 0.536. The molecule has 3 aromatic rings. The molecule has 1 saturated heterocycles. The second-order valence-electron chi connectivity index (χ2n) is 8.31. The minimum atomic E-state index is -3.69. The maximum absolute atomic E-state index is 13.1. The minimum Gasteiger partial charge on any atom is -0.467 e. The maximum Gasteiger partial charge on any atom is 0.253 e. The summed E-state index contributed by atoms with van der Waals surface area (Å²) in [6, 6.07) is 16.9. The lowest BCUT2D eigenvalue weighted by Crippen LogP contribution is -2.43. The van der Waals surface area contributed by atoms with E-state index in [0.29, 0.717) is 36.4 Å². The van der Waals surface area contributed by atoms with Crippen molar-refractivity contribution in [3.8, 4) is 0 Å². The Kier molecular flexibility index (Phi) is 7.14. The number of aryl methyl sites for hydroxylation is 1. The topological polar surface area (TPSA) is 109 Å². The van der Waals surface area contributed by atoms with E-state index in [9.17, 15) is 18.0 Å². The number of sulfonamides is 1. The second kappa shape index (κ2) is 10.2. The predicted octanol–water partition coefficient (Wildman–Crippen LogP) is 3.56. The predicted molar refractivity (Wildman–Crippen MR) is 128 cm³/mol. The van der Waals surface area contributed by atoms with Gasteiger partial charge in [-0.25, -0.2) is 8.42 Å². The number of amides is 2. The van der Waals surface area contributed by atoms with Crippen LogP contribution >= 0.6 is 0 Å². The molecule has 2 aromatic carbocycles. The number of hydrogen-bond donors (Lipinski definition) is 2. The summed E-state index contributed by atoms with van der Waals surface area (Å²) in [5.74, 6) is -0.560. The maximum atomic E-state index is 13.1. The Labute approximate surface area is 199 Å². The summed E-state index contributed by atoms with van der Waals surface area (Å²) in [4.78, 5) is 26.0. The first-order chi connectivity index (χ1) is 16.3. The Morgan fingerprint density at radius 1 is 1.06 bits per heavy atom. The van der Waals surface area contributed by atoms with Crippen LogP contribution in [-0.4, -0.2) is 37.6 Å². The van der Waals surface area contributed by atoms with Crippen molar-refractivity contribution < 1.29 is 22.4 Å². The van der Waals surface area contributed by atoms with Gasteiger partial charge in [0.25, 0.3) is 5.91 Å². The summed E-state index contributed by atoms with van der Waals surface area (Å²) in [6.07, 6.45) is 2.68. The van der Waals surface area contributed by atoms with Crippen molar-refractivity contribution in [2.75, 3.05) is 18.4 Å². The van der Waals surface area contributed by atoms with Gasteiger partial charge in [0.2, 0.25) is 15.9 Å². The molecule has 1 aliphatic rings. The van der Waals surface area contributed by atoms with Gasteiger partial charge in [-0.15, -0.1) is 0 Å². The molecule has 0 saturated carbocycles. The van der Waals surface area contributed by atoms with Crippen LogP contribution in [0.1, 0.15) is 34.5 Å². The second-order valence-corrected chi connectivity index (χ2v) is 10.3. The fraction of sp³-hybridized carbons (Fsp3) is 0.280. The van der Waals surface area contributed by atoms with Crippen LogP contribution in [0.3, 0.4) is 0 Å². The Hall–Kier alpha value is -3.43. The number of nitrogens with zero attached hydrogens (tertiary/aromatic N) is 1. The summed E-state index contributed by atoms with van der Waals surface area (Å²) in [7, 11) is -3.69. The highest BCUT2D eigenvalue weighted by Crippen LogP contribution is 2.26. The molecule has 34 heavy (non-hydrogen) atoms. The van der Waals surface area contributed by atoms with Gasteiger partial charge in [-0.1, -0.05) is 29.8 Å². The van der Waals surface area contributed by atoms with Gasteiger partial charge >= 0.3 is 0 Å². The van der Waals surface area contributed by atoms with Gasteiger partial charge in [-0.05, 0) is 56.2 Å². The number of carbonyl (C=O) groups excluding carboxylic acids is 2. The van der Waals surface area contributed by atoms with Gasteiger partial charge in [-0.2, -0.15) is 4.31 Å². The number of carbonyl (C=O) groups is 2. The summed E-state index contributed by atoms with van der Waals surface area (Å²) >= 11 is 0. The van der Waals surface area contributed by atoms with E-state index in [1.54, 1.807) is 60.7 Å². The molecule has 178 valence electrons. The molecular weight excluding hydrogens is 454 g/mol. The number of hydrogen-bond acceptors (Lipinski definition) is 5. The van der Waals surface area contributed by atoms with Gasteiger partial charge in [0, 0.05) is 13.1 Å². The van der Waals surface area contributed by atoms with Crippen LogP contribution in [0.25, 0.3) is 0 Å². The monoisotopic (exact) mass is 481 g/mol. The number of benzene rings is 2. The molecule has 9 heteroatoms. The number of furan rings is 1. The molecule has 1 fully saturated rings. The van der Waals surface area contributed by atoms with Crippen LogP contribution < -0.4 is 10.6 Å². The minimum absolute atomic E-state index is 0.0922. The summed E-state index contributed by atoms with van der Waals surface area (Å²) < 4.78 is 32.7. The van der Waals surface area contributed by atoms with E-state index in [0.717, 1.165) is 5.56 Å². The van der Waals surface area contributed by atoms with Crippen molar-refractivity contribution in [3.63, 3.8) is 0 Å². The van der Waals surface area contributed by atoms with Crippen molar-refractivity contribution in [1.29, 1.82) is 0 Å². The van der Waals surface area contributed by atoms with Crippen LogP contribution in [0.15, 0.2) is 76.2 Å². The lowest BCUT2D eigenvalue weighted by molar-refractivity contribution is -0.120. The van der Waals surface area contributed by atoms with Crippen molar-refractivity contribution in [3.05, 3.63) is 83.8 Å². The first-order valence-corrected chi connectivity index (χ1v) is 12.6. The smallest absolute Gasteiger partial charge is 0.253 e. The largest absolute Gasteiger partial charge is 0.467 e. The van der Waals surface area contributed by atoms with Gasteiger partial charge in [0.1, 0.15) is 5.76 Å². The highest BCUT2D eigenvalue weighted by atomic mass is 32.2. The van der Waals surface area contributed by atoms with Crippen LogP contribution in [0, 0.1) is 12.8 Å². The number of anilines is 1. The molecule has 8 nitrogen and oxygen atoms in total. The first kappa shape index (κ1) is 23.7. The zero-order valence-electron chi connectivity index (χ0n) is 18.9. The molecule has 1 atom stereocenters. The average molecular weight is 482 g/mol. The molecule has 1 aromatic heterocycles. The highest BCUT2D eigenvalue weighted by Gasteiger charge is 2.33. The van der Waals surface area contributed by atoms with Crippen molar-refractivity contribution in [2.24, 2.45) is 5.92 Å². The Balaban J connectivity index is 1.43. The molecule has 4 rings (SSSR count). The summed E-state index contributed by atoms with van der Waals surface area (Å²) in [5.41, 5.74) is 1.67. The lowest BCUT2D eigenvalue weighted by atomic mass is 9.98. The van der Waals surface area contributed by atoms with Gasteiger partial charge in [0.15, 0.2) is 0 Å². The SMILES string of the molecule is Cc1ccc(S(=O)(=O)N2CCC[C@H](C(=O)Nc3ccccc3C(=O)NCc3ccco3)C2)cc1. The van der Waals surface area contributed by atoms with Gasteiger partial charge < -0.3 is 15.1 Å². The van der Waals surface area contributed by atoms with E-state index in [2.05, 4.69) is 10.6 Å². The normalized spacial score (nSPS) is 16.7. The molecule has 2 heterocycles. The molecule has 0 radical (unpaired) electrons.